The Labute approximate surface area is 88.0 Å². The molecule has 0 rings (SSSR count). The van der Waals surface area contributed by atoms with Gasteiger partial charge in [0.1, 0.15) is 11.2 Å². The minimum Gasteiger partial charge on any atom is -0.366 e. The minimum atomic E-state index is -0.352. The van der Waals surface area contributed by atoms with Crippen LogP contribution in [0.15, 0.2) is 0 Å². The van der Waals surface area contributed by atoms with E-state index in [0.29, 0.717) is 0 Å². The highest BCUT2D eigenvalue weighted by Crippen LogP contribution is 2.16. The first-order valence-electron chi connectivity index (χ1n) is 5.10. The molecule has 0 aliphatic heterocycles. The van der Waals surface area contributed by atoms with Gasteiger partial charge in [0.2, 0.25) is 0 Å². The van der Waals surface area contributed by atoms with Crippen LogP contribution in [0, 0.1) is 11.8 Å². The summed E-state index contributed by atoms with van der Waals surface area (Å²) in [5, 5.41) is 0. The van der Waals surface area contributed by atoms with Crippen LogP contribution in [0.3, 0.4) is 0 Å². The second-order valence-corrected chi connectivity index (χ2v) is 3.83. The normalized spacial score (nSPS) is 19.0. The Morgan fingerprint density at radius 1 is 0.857 bits per heavy atom. The van der Waals surface area contributed by atoms with E-state index in [9.17, 15) is 0 Å². The van der Waals surface area contributed by atoms with Crippen molar-refractivity contribution in [3.05, 3.63) is 0 Å². The van der Waals surface area contributed by atoms with E-state index in [1.807, 2.05) is 13.8 Å². The highest BCUT2D eigenvalue weighted by atomic mass is 16.5. The van der Waals surface area contributed by atoms with Crippen molar-refractivity contribution in [3.63, 3.8) is 0 Å². The van der Waals surface area contributed by atoms with Crippen LogP contribution in [0.5, 0.6) is 0 Å². The summed E-state index contributed by atoms with van der Waals surface area (Å²) in [4.78, 5) is 0. The molecule has 0 amide bonds. The van der Waals surface area contributed by atoms with Crippen LogP contribution in [-0.2, 0) is 9.47 Å². The molecular weight excluding hydrogens is 176 g/mol. The molecule has 2 unspecified atom stereocenters. The summed E-state index contributed by atoms with van der Waals surface area (Å²) in [6.45, 7) is 8.11. The minimum absolute atomic E-state index is 0.352. The molecule has 0 radical (unpaired) electrons. The van der Waals surface area contributed by atoms with Crippen LogP contribution in [0.2, 0.25) is 0 Å². The molecule has 0 fully saturated rings. The quantitative estimate of drug-likeness (QED) is 0.646. The van der Waals surface area contributed by atoms with Crippen molar-refractivity contribution >= 4 is 0 Å². The maximum absolute atomic E-state index is 5.34. The van der Waals surface area contributed by atoms with Gasteiger partial charge in [-0.1, -0.05) is 25.7 Å². The monoisotopic (exact) mass is 198 g/mol. The molecule has 0 bridgehead atoms. The Bertz CT molecular complexity index is 192. The van der Waals surface area contributed by atoms with Gasteiger partial charge in [0.15, 0.2) is 0 Å². The predicted molar refractivity (Wildman–Crippen MR) is 59.2 cm³/mol. The van der Waals surface area contributed by atoms with Crippen LogP contribution < -0.4 is 0 Å². The zero-order valence-electron chi connectivity index (χ0n) is 10.2. The molecule has 14 heavy (non-hydrogen) atoms. The van der Waals surface area contributed by atoms with Crippen LogP contribution in [0.1, 0.15) is 40.5 Å². The van der Waals surface area contributed by atoms with Gasteiger partial charge in [-0.3, -0.25) is 0 Å². The van der Waals surface area contributed by atoms with E-state index in [0.717, 1.165) is 12.8 Å². The van der Waals surface area contributed by atoms with Gasteiger partial charge in [0, 0.05) is 14.2 Å². The predicted octanol–water partition coefficient (Wildman–Crippen LogP) is 2.62. The number of hydrogen-bond donors (Lipinski definition) is 0. The van der Waals surface area contributed by atoms with Gasteiger partial charge in [-0.25, -0.2) is 0 Å². The Hall–Kier alpha value is -0.520. The Morgan fingerprint density at radius 2 is 1.14 bits per heavy atom. The lowest BCUT2D eigenvalue weighted by Crippen LogP contribution is -2.28. The third kappa shape index (κ3) is 3.69. The fraction of sp³-hybridized carbons (Fsp3) is 0.833. The third-order valence-electron chi connectivity index (χ3n) is 2.84. The van der Waals surface area contributed by atoms with Gasteiger partial charge in [-0.15, -0.1) is 0 Å². The summed E-state index contributed by atoms with van der Waals surface area (Å²) in [5.41, 5.74) is -0.704. The molecule has 0 aliphatic rings. The zero-order chi connectivity index (χ0) is 11.2. The van der Waals surface area contributed by atoms with E-state index in [2.05, 4.69) is 25.7 Å². The third-order valence-corrected chi connectivity index (χ3v) is 2.84. The summed E-state index contributed by atoms with van der Waals surface area (Å²) in [6.07, 6.45) is 1.75. The fourth-order valence-corrected chi connectivity index (χ4v) is 0.832. The van der Waals surface area contributed by atoms with Gasteiger partial charge in [0.25, 0.3) is 0 Å². The average Bonchev–Trinajstić information content (AvgIpc) is 2.25. The first-order valence-corrected chi connectivity index (χ1v) is 5.10. The maximum atomic E-state index is 5.34. The van der Waals surface area contributed by atoms with Crippen molar-refractivity contribution in [2.75, 3.05) is 14.2 Å². The van der Waals surface area contributed by atoms with Crippen LogP contribution in [0.25, 0.3) is 0 Å². The van der Waals surface area contributed by atoms with Gasteiger partial charge >= 0.3 is 0 Å². The van der Waals surface area contributed by atoms with E-state index >= 15 is 0 Å². The van der Waals surface area contributed by atoms with Gasteiger partial charge in [-0.2, -0.15) is 0 Å². The fourth-order valence-electron chi connectivity index (χ4n) is 0.832. The van der Waals surface area contributed by atoms with Gasteiger partial charge in [0.05, 0.1) is 0 Å². The highest BCUT2D eigenvalue weighted by molar-refractivity contribution is 5.19. The molecule has 2 heteroatoms. The SMILES string of the molecule is CCC(C)(C#CC(C)(CC)OC)OC. The molecular formula is C12H22O2. The van der Waals surface area contributed by atoms with Crippen LogP contribution in [0.4, 0.5) is 0 Å². The Balaban J connectivity index is 4.69. The Morgan fingerprint density at radius 3 is 1.29 bits per heavy atom. The molecule has 0 aromatic rings. The van der Waals surface area contributed by atoms with Crippen molar-refractivity contribution in [3.8, 4) is 11.8 Å². The number of ether oxygens (including phenoxy) is 2. The number of methoxy groups -OCH3 is 2. The van der Waals surface area contributed by atoms with E-state index in [1.54, 1.807) is 14.2 Å². The number of rotatable bonds is 4. The van der Waals surface area contributed by atoms with E-state index < -0.39 is 0 Å². The molecule has 82 valence electrons. The van der Waals surface area contributed by atoms with E-state index in [4.69, 9.17) is 9.47 Å². The first-order chi connectivity index (χ1) is 6.45. The van der Waals surface area contributed by atoms with Crippen LogP contribution in [-0.4, -0.2) is 25.4 Å². The molecule has 0 aromatic heterocycles. The van der Waals surface area contributed by atoms with Crippen molar-refractivity contribution in [2.24, 2.45) is 0 Å². The summed E-state index contributed by atoms with van der Waals surface area (Å²) in [6, 6.07) is 0. The van der Waals surface area contributed by atoms with E-state index in [-0.39, 0.29) is 11.2 Å². The topological polar surface area (TPSA) is 18.5 Å². The molecule has 0 aromatic carbocycles. The summed E-state index contributed by atoms with van der Waals surface area (Å²) in [7, 11) is 3.38. The molecule has 2 nitrogen and oxygen atoms in total. The van der Waals surface area contributed by atoms with Crippen molar-refractivity contribution in [1.29, 1.82) is 0 Å². The smallest absolute Gasteiger partial charge is 0.125 e. The molecule has 2 atom stereocenters. The van der Waals surface area contributed by atoms with E-state index in [1.165, 1.54) is 0 Å². The van der Waals surface area contributed by atoms with Crippen molar-refractivity contribution < 1.29 is 9.47 Å². The van der Waals surface area contributed by atoms with Crippen molar-refractivity contribution in [1.82, 2.24) is 0 Å². The second kappa shape index (κ2) is 5.38. The molecule has 0 N–H and O–H groups in total. The lowest BCUT2D eigenvalue weighted by atomic mass is 9.99. The number of hydrogen-bond acceptors (Lipinski definition) is 2. The largest absolute Gasteiger partial charge is 0.366 e. The molecule has 0 spiro atoms. The standard InChI is InChI=1S/C12H22O2/c1-7-11(3,13-5)9-10-12(4,8-2)14-6/h7-8H2,1-6H3. The summed E-state index contributed by atoms with van der Waals surface area (Å²) < 4.78 is 10.7. The summed E-state index contributed by atoms with van der Waals surface area (Å²) >= 11 is 0. The van der Waals surface area contributed by atoms with Crippen molar-refractivity contribution in [2.45, 2.75) is 51.7 Å². The lowest BCUT2D eigenvalue weighted by Gasteiger charge is -2.23. The summed E-state index contributed by atoms with van der Waals surface area (Å²) in [5.74, 6) is 6.28. The second-order valence-electron chi connectivity index (χ2n) is 3.83. The lowest BCUT2D eigenvalue weighted by molar-refractivity contribution is 0.0444. The molecule has 0 aliphatic carbocycles. The molecule has 0 saturated heterocycles. The Kier molecular flexibility index (Phi) is 5.18. The van der Waals surface area contributed by atoms with Gasteiger partial charge in [-0.05, 0) is 26.7 Å². The average molecular weight is 198 g/mol. The maximum Gasteiger partial charge on any atom is 0.125 e. The van der Waals surface area contributed by atoms with Crippen LogP contribution >= 0.6 is 0 Å². The first kappa shape index (κ1) is 13.5. The molecule has 0 saturated carbocycles. The van der Waals surface area contributed by atoms with Gasteiger partial charge < -0.3 is 9.47 Å². The molecule has 0 heterocycles. The zero-order valence-corrected chi connectivity index (χ0v) is 10.2. The highest BCUT2D eigenvalue weighted by Gasteiger charge is 2.21.